The summed E-state index contributed by atoms with van der Waals surface area (Å²) in [7, 11) is 0. The zero-order chi connectivity index (χ0) is 20.9. The monoisotopic (exact) mass is 443 g/mol. The molecule has 4 heterocycles. The minimum Gasteiger partial charge on any atom is -0.316 e. The van der Waals surface area contributed by atoms with Crippen molar-refractivity contribution >= 4 is 33.9 Å². The molecule has 1 aliphatic rings. The summed E-state index contributed by atoms with van der Waals surface area (Å²) in [6.45, 7) is 7.15. The summed E-state index contributed by atoms with van der Waals surface area (Å²) < 4.78 is 0.656. The average molecular weight is 444 g/mol. The second-order valence-corrected chi connectivity index (χ2v) is 9.35. The van der Waals surface area contributed by atoms with Crippen molar-refractivity contribution in [3.05, 3.63) is 51.9 Å². The Bertz CT molecular complexity index is 968. The van der Waals surface area contributed by atoms with Crippen LogP contribution in [0.25, 0.3) is 0 Å². The van der Waals surface area contributed by atoms with Gasteiger partial charge in [-0.2, -0.15) is 0 Å². The first-order valence-corrected chi connectivity index (χ1v) is 11.5. The summed E-state index contributed by atoms with van der Waals surface area (Å²) in [5, 5.41) is 3.98. The average Bonchev–Trinajstić information content (AvgIpc) is 3.14. The van der Waals surface area contributed by atoms with Gasteiger partial charge >= 0.3 is 0 Å². The summed E-state index contributed by atoms with van der Waals surface area (Å²) in [5.74, 6) is 3.17. The van der Waals surface area contributed by atoms with Crippen LogP contribution in [-0.2, 0) is 19.4 Å². The second-order valence-electron chi connectivity index (χ2n) is 7.69. The molecule has 1 saturated heterocycles. The zero-order valence-corrected chi connectivity index (χ0v) is 18.9. The van der Waals surface area contributed by atoms with Gasteiger partial charge in [-0.25, -0.2) is 24.9 Å². The number of aromatic nitrogens is 5. The van der Waals surface area contributed by atoms with Crippen molar-refractivity contribution < 1.29 is 0 Å². The number of hydrogen-bond donors (Lipinski definition) is 1. The van der Waals surface area contributed by atoms with Crippen LogP contribution in [-0.4, -0.2) is 42.9 Å². The molecule has 1 N–H and O–H groups in total. The van der Waals surface area contributed by atoms with Gasteiger partial charge in [-0.15, -0.1) is 0 Å². The van der Waals surface area contributed by atoms with Gasteiger partial charge < -0.3 is 5.32 Å². The number of nitrogens with zero attached hydrogens (tertiary/aromatic N) is 6. The molecule has 0 unspecified atom stereocenters. The minimum absolute atomic E-state index is 0.601. The Hall–Kier alpha value is -2.16. The maximum Gasteiger partial charge on any atom is 0.189 e. The Morgan fingerprint density at radius 3 is 2.53 bits per heavy atom. The molecule has 0 spiro atoms. The Morgan fingerprint density at radius 2 is 1.87 bits per heavy atom. The SMILES string of the molecule is CCc1ncc(CN2CCC(Cc3nc(C)cc(Nc4ncc(Cl)s4)n3)CC2)cn1. The minimum atomic E-state index is 0.601. The van der Waals surface area contributed by atoms with Gasteiger partial charge in [0.25, 0.3) is 0 Å². The molecule has 158 valence electrons. The standard InChI is InChI=1S/C21H26ClN7S/c1-3-18-23-10-16(11-24-18)13-29-6-4-15(5-7-29)9-20-26-14(2)8-19(27-20)28-21-25-12-17(22)30-21/h8,10-12,15H,3-7,9,13H2,1-2H3,(H,25,26,27,28). The van der Waals surface area contributed by atoms with E-state index >= 15 is 0 Å². The lowest BCUT2D eigenvalue weighted by atomic mass is 9.93. The van der Waals surface area contributed by atoms with E-state index in [0.717, 1.165) is 73.6 Å². The largest absolute Gasteiger partial charge is 0.316 e. The summed E-state index contributed by atoms with van der Waals surface area (Å²) in [5.41, 5.74) is 2.14. The van der Waals surface area contributed by atoms with Crippen LogP contribution in [0, 0.1) is 12.8 Å². The maximum absolute atomic E-state index is 5.97. The molecule has 0 atom stereocenters. The lowest BCUT2D eigenvalue weighted by Crippen LogP contribution is -2.34. The fraction of sp³-hybridized carbons (Fsp3) is 0.476. The molecule has 1 aliphatic heterocycles. The van der Waals surface area contributed by atoms with Crippen LogP contribution in [0.2, 0.25) is 4.34 Å². The van der Waals surface area contributed by atoms with Gasteiger partial charge in [0.05, 0.1) is 6.20 Å². The summed E-state index contributed by atoms with van der Waals surface area (Å²) >= 11 is 7.37. The molecule has 0 bridgehead atoms. The van der Waals surface area contributed by atoms with E-state index in [1.54, 1.807) is 6.20 Å². The molecule has 7 nitrogen and oxygen atoms in total. The normalized spacial score (nSPS) is 15.4. The second kappa shape index (κ2) is 9.76. The predicted molar refractivity (Wildman–Crippen MR) is 120 cm³/mol. The van der Waals surface area contributed by atoms with Crippen molar-refractivity contribution in [3.63, 3.8) is 0 Å². The van der Waals surface area contributed by atoms with Crippen LogP contribution in [0.5, 0.6) is 0 Å². The fourth-order valence-electron chi connectivity index (χ4n) is 3.72. The Morgan fingerprint density at radius 1 is 1.10 bits per heavy atom. The van der Waals surface area contributed by atoms with Crippen LogP contribution >= 0.6 is 22.9 Å². The van der Waals surface area contributed by atoms with Crippen molar-refractivity contribution in [3.8, 4) is 0 Å². The molecule has 0 aromatic carbocycles. The van der Waals surface area contributed by atoms with E-state index in [4.69, 9.17) is 16.6 Å². The Balaban J connectivity index is 1.31. The molecule has 0 amide bonds. The van der Waals surface area contributed by atoms with E-state index in [-0.39, 0.29) is 0 Å². The third-order valence-corrected chi connectivity index (χ3v) is 6.30. The number of piperidine rings is 1. The number of rotatable bonds is 7. The number of hydrogen-bond acceptors (Lipinski definition) is 8. The van der Waals surface area contributed by atoms with E-state index in [9.17, 15) is 0 Å². The van der Waals surface area contributed by atoms with Crippen LogP contribution in [0.1, 0.15) is 42.7 Å². The van der Waals surface area contributed by atoms with Crippen molar-refractivity contribution in [1.82, 2.24) is 29.8 Å². The van der Waals surface area contributed by atoms with Gasteiger partial charge in [-0.05, 0) is 38.8 Å². The van der Waals surface area contributed by atoms with Gasteiger partial charge in [-0.3, -0.25) is 4.90 Å². The van der Waals surface area contributed by atoms with Crippen LogP contribution in [0.3, 0.4) is 0 Å². The molecule has 0 radical (unpaired) electrons. The van der Waals surface area contributed by atoms with Gasteiger partial charge in [0, 0.05) is 49.1 Å². The van der Waals surface area contributed by atoms with Gasteiger partial charge in [-0.1, -0.05) is 29.9 Å². The highest BCUT2D eigenvalue weighted by Crippen LogP contribution is 2.26. The van der Waals surface area contributed by atoms with Gasteiger partial charge in [0.15, 0.2) is 5.13 Å². The van der Waals surface area contributed by atoms with E-state index in [1.807, 2.05) is 25.4 Å². The highest BCUT2D eigenvalue weighted by Gasteiger charge is 2.21. The smallest absolute Gasteiger partial charge is 0.189 e. The Kier molecular flexibility index (Phi) is 6.86. The predicted octanol–water partition coefficient (Wildman–Crippen LogP) is 4.45. The highest BCUT2D eigenvalue weighted by molar-refractivity contribution is 7.19. The van der Waals surface area contributed by atoms with Crippen molar-refractivity contribution in [2.45, 2.75) is 46.1 Å². The number of aryl methyl sites for hydroxylation is 2. The third-order valence-electron chi connectivity index (χ3n) is 5.27. The summed E-state index contributed by atoms with van der Waals surface area (Å²) in [6.07, 6.45) is 9.64. The topological polar surface area (TPSA) is 79.7 Å². The molecular weight excluding hydrogens is 418 g/mol. The molecular formula is C21H26ClN7S. The maximum atomic E-state index is 5.97. The molecule has 0 saturated carbocycles. The lowest BCUT2D eigenvalue weighted by Gasteiger charge is -2.31. The molecule has 30 heavy (non-hydrogen) atoms. The molecule has 9 heteroatoms. The fourth-order valence-corrected chi connectivity index (χ4v) is 4.54. The van der Waals surface area contributed by atoms with Crippen LogP contribution in [0.4, 0.5) is 10.9 Å². The van der Waals surface area contributed by atoms with Crippen LogP contribution in [0.15, 0.2) is 24.7 Å². The van der Waals surface area contributed by atoms with E-state index in [2.05, 4.69) is 37.1 Å². The molecule has 3 aromatic heterocycles. The van der Waals surface area contributed by atoms with Gasteiger partial charge in [0.1, 0.15) is 21.8 Å². The first-order chi connectivity index (χ1) is 14.6. The number of anilines is 2. The zero-order valence-electron chi connectivity index (χ0n) is 17.3. The van der Waals surface area contributed by atoms with Crippen molar-refractivity contribution in [1.29, 1.82) is 0 Å². The Labute approximate surface area is 186 Å². The number of likely N-dealkylation sites (tertiary alicyclic amines) is 1. The first kappa shape index (κ1) is 21.1. The third kappa shape index (κ3) is 5.71. The number of thiazole rings is 1. The van der Waals surface area contributed by atoms with E-state index in [0.29, 0.717) is 10.3 Å². The van der Waals surface area contributed by atoms with E-state index < -0.39 is 0 Å². The quantitative estimate of drug-likeness (QED) is 0.577. The lowest BCUT2D eigenvalue weighted by molar-refractivity contribution is 0.175. The summed E-state index contributed by atoms with van der Waals surface area (Å²) in [4.78, 5) is 24.9. The van der Waals surface area contributed by atoms with Crippen molar-refractivity contribution in [2.24, 2.45) is 5.92 Å². The summed E-state index contributed by atoms with van der Waals surface area (Å²) in [6, 6.07) is 1.94. The first-order valence-electron chi connectivity index (χ1n) is 10.3. The highest BCUT2D eigenvalue weighted by atomic mass is 35.5. The molecule has 0 aliphatic carbocycles. The molecule has 1 fully saturated rings. The van der Waals surface area contributed by atoms with E-state index in [1.165, 1.54) is 16.9 Å². The van der Waals surface area contributed by atoms with Crippen LogP contribution < -0.4 is 5.32 Å². The number of halogens is 1. The number of nitrogens with one attached hydrogen (secondary N) is 1. The molecule has 4 rings (SSSR count). The van der Waals surface area contributed by atoms with Crippen molar-refractivity contribution in [2.75, 3.05) is 18.4 Å². The van der Waals surface area contributed by atoms with Gasteiger partial charge in [0.2, 0.25) is 0 Å². The molecule has 3 aromatic rings.